The number of tetrazole rings is 1. The van der Waals surface area contributed by atoms with Gasteiger partial charge in [0.2, 0.25) is 11.8 Å². The lowest BCUT2D eigenvalue weighted by atomic mass is 9.90. The van der Waals surface area contributed by atoms with Gasteiger partial charge in [-0.25, -0.2) is 19.6 Å². The van der Waals surface area contributed by atoms with Crippen LogP contribution in [0.1, 0.15) is 44.5 Å². The van der Waals surface area contributed by atoms with Crippen LogP contribution in [-0.2, 0) is 17.9 Å². The first-order chi connectivity index (χ1) is 23.1. The monoisotopic (exact) mass is 661 g/mol. The van der Waals surface area contributed by atoms with Crippen molar-refractivity contribution in [1.82, 2.24) is 49.8 Å². The normalized spacial score (nSPS) is 19.4. The molecule has 5 heterocycles. The van der Waals surface area contributed by atoms with Crippen molar-refractivity contribution in [2.24, 2.45) is 0 Å². The molecule has 0 unspecified atom stereocenters. The predicted octanol–water partition coefficient (Wildman–Crippen LogP) is 4.57. The van der Waals surface area contributed by atoms with Crippen LogP contribution in [0.4, 0.5) is 11.6 Å². The minimum Gasteiger partial charge on any atom is -0.487 e. The summed E-state index contributed by atoms with van der Waals surface area (Å²) in [5.74, 6) is 1.85. The average Bonchev–Trinajstić information content (AvgIpc) is 3.89. The highest BCUT2D eigenvalue weighted by Crippen LogP contribution is 2.35. The molecular formula is C31H36ClN11O4. The van der Waals surface area contributed by atoms with E-state index in [9.17, 15) is 0 Å². The lowest BCUT2D eigenvalue weighted by Crippen LogP contribution is -2.45. The number of nitrogens with zero attached hydrogens (tertiary/aromatic N) is 10. The Morgan fingerprint density at radius 1 is 1.04 bits per heavy atom. The summed E-state index contributed by atoms with van der Waals surface area (Å²) in [7, 11) is 0. The quantitative estimate of drug-likeness (QED) is 0.198. The Hall–Kier alpha value is -4.60. The highest BCUT2D eigenvalue weighted by Gasteiger charge is 2.29. The predicted molar refractivity (Wildman–Crippen MR) is 170 cm³/mol. The number of halogens is 1. The number of anilines is 2. The Balaban J connectivity index is 1.03. The van der Waals surface area contributed by atoms with E-state index >= 15 is 0 Å². The van der Waals surface area contributed by atoms with Crippen LogP contribution in [0.5, 0.6) is 11.6 Å². The number of morpholine rings is 1. The highest BCUT2D eigenvalue weighted by molar-refractivity contribution is 6.32. The summed E-state index contributed by atoms with van der Waals surface area (Å²) in [6.07, 6.45) is 14.2. The van der Waals surface area contributed by atoms with Crippen LogP contribution in [0, 0.1) is 0 Å². The van der Waals surface area contributed by atoms with Crippen LogP contribution in [-0.4, -0.2) is 88.3 Å². The number of rotatable bonds is 12. The summed E-state index contributed by atoms with van der Waals surface area (Å²) >= 11 is 6.45. The maximum absolute atomic E-state index is 6.45. The molecule has 1 aromatic carbocycles. The molecule has 1 atom stereocenters. The van der Waals surface area contributed by atoms with E-state index in [-0.39, 0.29) is 18.8 Å². The van der Waals surface area contributed by atoms with E-state index in [0.717, 1.165) is 63.1 Å². The third kappa shape index (κ3) is 7.69. The molecule has 2 aliphatic rings. The smallest absolute Gasteiger partial charge is 0.257 e. The van der Waals surface area contributed by atoms with Crippen LogP contribution in [0.15, 0.2) is 60.0 Å². The zero-order chi connectivity index (χ0) is 32.0. The minimum atomic E-state index is -0.213. The molecule has 16 heteroatoms. The second kappa shape index (κ2) is 14.4. The Labute approximate surface area is 276 Å². The molecule has 7 rings (SSSR count). The lowest BCUT2D eigenvalue weighted by Gasteiger charge is -2.38. The Kier molecular flexibility index (Phi) is 9.53. The van der Waals surface area contributed by atoms with Crippen LogP contribution in [0.2, 0.25) is 5.02 Å². The Bertz CT molecular complexity index is 1700. The zero-order valence-electron chi connectivity index (χ0n) is 26.0. The summed E-state index contributed by atoms with van der Waals surface area (Å²) in [6, 6.07) is 6.44. The summed E-state index contributed by atoms with van der Waals surface area (Å²) < 4.78 is 26.7. The first-order valence-corrected chi connectivity index (χ1v) is 16.1. The number of hydrogen-bond acceptors (Lipinski definition) is 13. The standard InChI is InChI=1S/C31H36ClN11O4/c1-21(17-42-20-36-39-40-42)47-28-14-22(2-7-26(28)32)23-15-34-31(35-16-23)37-27-18-43(38-30(27)46-19-29-33-8-11-45-29)25-5-3-24(4-6-25)41-9-12-44-13-10-41/h2,7-8,11,14-16,18,20-21,24-25H,3-6,9-10,12-13,17,19H2,1H3,(H,34,35,37)/t21-,24?,25?/m0/s1. The van der Waals surface area contributed by atoms with Gasteiger partial charge in [-0.05, 0) is 60.7 Å². The summed E-state index contributed by atoms with van der Waals surface area (Å²) in [4.78, 5) is 15.9. The third-order valence-corrected chi connectivity index (χ3v) is 8.76. The largest absolute Gasteiger partial charge is 0.487 e. The van der Waals surface area contributed by atoms with Crippen molar-refractivity contribution in [3.8, 4) is 22.8 Å². The van der Waals surface area contributed by atoms with E-state index in [2.05, 4.69) is 40.7 Å². The number of oxazole rings is 1. The van der Waals surface area contributed by atoms with Gasteiger partial charge < -0.3 is 23.9 Å². The molecule has 1 N–H and O–H groups in total. The third-order valence-electron chi connectivity index (χ3n) is 8.44. The van der Waals surface area contributed by atoms with Crippen molar-refractivity contribution in [2.75, 3.05) is 31.6 Å². The molecule has 1 aliphatic carbocycles. The summed E-state index contributed by atoms with van der Waals surface area (Å²) in [6.45, 7) is 6.22. The first kappa shape index (κ1) is 31.0. The van der Waals surface area contributed by atoms with Crippen molar-refractivity contribution in [3.63, 3.8) is 0 Å². The molecule has 15 nitrogen and oxygen atoms in total. The van der Waals surface area contributed by atoms with Gasteiger partial charge >= 0.3 is 0 Å². The second-order valence-electron chi connectivity index (χ2n) is 11.7. The number of aromatic nitrogens is 9. The molecule has 0 amide bonds. The van der Waals surface area contributed by atoms with Crippen LogP contribution >= 0.6 is 11.6 Å². The van der Waals surface area contributed by atoms with Gasteiger partial charge in [0, 0.05) is 37.1 Å². The Morgan fingerprint density at radius 3 is 2.60 bits per heavy atom. The van der Waals surface area contributed by atoms with Gasteiger partial charge in [0.15, 0.2) is 6.61 Å². The summed E-state index contributed by atoms with van der Waals surface area (Å²) in [5, 5.41) is 19.8. The van der Waals surface area contributed by atoms with E-state index < -0.39 is 0 Å². The van der Waals surface area contributed by atoms with Gasteiger partial charge in [-0.3, -0.25) is 9.58 Å². The van der Waals surface area contributed by atoms with Crippen LogP contribution in [0.25, 0.3) is 11.1 Å². The molecule has 0 radical (unpaired) electrons. The van der Waals surface area contributed by atoms with E-state index in [1.54, 1.807) is 35.7 Å². The number of benzene rings is 1. The second-order valence-corrected chi connectivity index (χ2v) is 12.1. The van der Waals surface area contributed by atoms with E-state index in [1.807, 2.05) is 29.9 Å². The maximum atomic E-state index is 6.45. The first-order valence-electron chi connectivity index (χ1n) is 15.8. The van der Waals surface area contributed by atoms with Gasteiger partial charge in [-0.2, -0.15) is 0 Å². The molecule has 1 saturated carbocycles. The fourth-order valence-corrected chi connectivity index (χ4v) is 6.22. The average molecular weight is 662 g/mol. The van der Waals surface area contributed by atoms with Crippen molar-refractivity contribution in [1.29, 1.82) is 0 Å². The van der Waals surface area contributed by atoms with Crippen LogP contribution in [0.3, 0.4) is 0 Å². The highest BCUT2D eigenvalue weighted by atomic mass is 35.5. The molecule has 246 valence electrons. The molecule has 4 aromatic heterocycles. The number of hydrogen-bond donors (Lipinski definition) is 1. The van der Waals surface area contributed by atoms with Gasteiger partial charge in [-0.15, -0.1) is 10.2 Å². The fraction of sp³-hybridized carbons (Fsp3) is 0.452. The van der Waals surface area contributed by atoms with E-state index in [4.69, 9.17) is 35.3 Å². The lowest BCUT2D eigenvalue weighted by molar-refractivity contribution is 0.00502. The maximum Gasteiger partial charge on any atom is 0.257 e. The molecule has 0 bridgehead atoms. The van der Waals surface area contributed by atoms with Crippen molar-refractivity contribution >= 4 is 23.2 Å². The molecule has 1 saturated heterocycles. The van der Waals surface area contributed by atoms with Crippen molar-refractivity contribution in [3.05, 3.63) is 66.5 Å². The SMILES string of the molecule is C[C@@H](Cn1cnnn1)Oc1cc(-c2cnc(Nc3cn(C4CCC(N5CCOCC5)CC4)nc3OCc3ncco3)nc2)ccc1Cl. The fourth-order valence-electron chi connectivity index (χ4n) is 6.06. The topological polar surface area (TPSA) is 156 Å². The van der Waals surface area contributed by atoms with Gasteiger partial charge in [-0.1, -0.05) is 17.7 Å². The van der Waals surface area contributed by atoms with Crippen molar-refractivity contribution < 1.29 is 18.6 Å². The van der Waals surface area contributed by atoms with Gasteiger partial charge in [0.25, 0.3) is 5.88 Å². The van der Waals surface area contributed by atoms with Crippen molar-refractivity contribution in [2.45, 2.75) is 63.9 Å². The van der Waals surface area contributed by atoms with E-state index in [1.165, 1.54) is 6.26 Å². The molecule has 2 fully saturated rings. The van der Waals surface area contributed by atoms with Gasteiger partial charge in [0.05, 0.1) is 43.2 Å². The van der Waals surface area contributed by atoms with Crippen LogP contribution < -0.4 is 14.8 Å². The summed E-state index contributed by atoms with van der Waals surface area (Å²) in [5.41, 5.74) is 2.33. The number of nitrogens with one attached hydrogen (secondary N) is 1. The molecule has 5 aromatic rings. The zero-order valence-corrected chi connectivity index (χ0v) is 26.7. The Morgan fingerprint density at radius 2 is 1.85 bits per heavy atom. The molecular weight excluding hydrogens is 626 g/mol. The number of ether oxygens (including phenoxy) is 3. The molecule has 47 heavy (non-hydrogen) atoms. The molecule has 0 spiro atoms. The van der Waals surface area contributed by atoms with Gasteiger partial charge in [0.1, 0.15) is 30.1 Å². The minimum absolute atomic E-state index is 0.150. The van der Waals surface area contributed by atoms with E-state index in [0.29, 0.717) is 46.8 Å². The molecule has 1 aliphatic heterocycles.